The molecule has 138 valence electrons. The number of hydrogen-bond donors (Lipinski definition) is 1. The van der Waals surface area contributed by atoms with Crippen LogP contribution in [-0.4, -0.2) is 24.0 Å². The fraction of sp³-hybridized carbons (Fsp3) is 0.217. The third-order valence-electron chi connectivity index (χ3n) is 4.46. The maximum Gasteiger partial charge on any atom is 0.269 e. The van der Waals surface area contributed by atoms with Gasteiger partial charge in [-0.05, 0) is 55.7 Å². The fourth-order valence-corrected chi connectivity index (χ4v) is 3.05. The predicted octanol–water partition coefficient (Wildman–Crippen LogP) is 4.52. The zero-order chi connectivity index (χ0) is 19.1. The zero-order valence-corrected chi connectivity index (χ0v) is 15.9. The molecule has 0 atom stereocenters. The predicted molar refractivity (Wildman–Crippen MR) is 111 cm³/mol. The average Bonchev–Trinajstić information content (AvgIpc) is 2.70. The van der Waals surface area contributed by atoms with E-state index in [1.54, 1.807) is 12.3 Å². The number of carbonyl (C=O) groups excluding carboxylic acids is 1. The third-order valence-corrected chi connectivity index (χ3v) is 4.46. The zero-order valence-electron chi connectivity index (χ0n) is 15.9. The summed E-state index contributed by atoms with van der Waals surface area (Å²) >= 11 is 0. The van der Waals surface area contributed by atoms with E-state index in [4.69, 9.17) is 0 Å². The molecule has 0 aliphatic heterocycles. The van der Waals surface area contributed by atoms with Crippen molar-refractivity contribution in [2.75, 3.05) is 18.0 Å². The van der Waals surface area contributed by atoms with Gasteiger partial charge in [-0.15, -0.1) is 0 Å². The maximum atomic E-state index is 12.3. The molecule has 0 bridgehead atoms. The molecule has 1 aromatic heterocycles. The number of amides is 1. The highest BCUT2D eigenvalue weighted by molar-refractivity contribution is 5.92. The Morgan fingerprint density at radius 1 is 1.00 bits per heavy atom. The van der Waals surface area contributed by atoms with E-state index in [-0.39, 0.29) is 5.91 Å². The smallest absolute Gasteiger partial charge is 0.269 e. The number of carbonyl (C=O) groups is 1. The Bertz CT molecular complexity index is 876. The molecule has 27 heavy (non-hydrogen) atoms. The summed E-state index contributed by atoms with van der Waals surface area (Å²) in [4.78, 5) is 18.9. The van der Waals surface area contributed by atoms with Gasteiger partial charge in [0.25, 0.3) is 5.91 Å². The first-order valence-electron chi connectivity index (χ1n) is 9.29. The number of pyridine rings is 1. The first kappa shape index (κ1) is 18.6. The van der Waals surface area contributed by atoms with Gasteiger partial charge in [-0.25, -0.2) is 4.98 Å². The normalized spacial score (nSPS) is 10.4. The molecule has 2 aromatic carbocycles. The van der Waals surface area contributed by atoms with Gasteiger partial charge in [0.05, 0.1) is 11.9 Å². The molecule has 0 aliphatic rings. The first-order chi connectivity index (χ1) is 13.2. The highest BCUT2D eigenvalue weighted by Crippen LogP contribution is 2.25. The van der Waals surface area contributed by atoms with Crippen LogP contribution in [0.1, 0.15) is 28.5 Å². The summed E-state index contributed by atoms with van der Waals surface area (Å²) in [5, 5.41) is 2.93. The molecule has 0 fully saturated rings. The van der Waals surface area contributed by atoms with Gasteiger partial charge in [-0.1, -0.05) is 42.5 Å². The van der Waals surface area contributed by atoms with Crippen molar-refractivity contribution in [3.8, 4) is 0 Å². The molecule has 0 aliphatic carbocycles. The highest BCUT2D eigenvalue weighted by Gasteiger charge is 2.11. The summed E-state index contributed by atoms with van der Waals surface area (Å²) in [7, 11) is 0. The second-order valence-corrected chi connectivity index (χ2v) is 6.48. The van der Waals surface area contributed by atoms with Crippen LogP contribution in [-0.2, 0) is 6.42 Å². The SMILES string of the molecule is CCN(c1ccc(C(=O)NCCc2ccccc2)nc1)c1cccc(C)c1. The van der Waals surface area contributed by atoms with Gasteiger partial charge in [0, 0.05) is 18.8 Å². The Labute approximate surface area is 160 Å². The van der Waals surface area contributed by atoms with E-state index in [0.717, 1.165) is 24.3 Å². The molecule has 3 aromatic rings. The molecule has 1 heterocycles. The van der Waals surface area contributed by atoms with E-state index in [9.17, 15) is 4.79 Å². The standard InChI is InChI=1S/C23H25N3O/c1-3-26(20-11-7-8-18(2)16-20)21-12-13-22(25-17-21)23(27)24-15-14-19-9-5-4-6-10-19/h4-13,16-17H,3,14-15H2,1-2H3,(H,24,27). The van der Waals surface area contributed by atoms with E-state index < -0.39 is 0 Å². The molecule has 4 heteroatoms. The van der Waals surface area contributed by atoms with Crippen LogP contribution >= 0.6 is 0 Å². The van der Waals surface area contributed by atoms with Crippen molar-refractivity contribution >= 4 is 17.3 Å². The second-order valence-electron chi connectivity index (χ2n) is 6.48. The molecule has 3 rings (SSSR count). The molecule has 0 unspecified atom stereocenters. The first-order valence-corrected chi connectivity index (χ1v) is 9.29. The molecule has 0 saturated heterocycles. The van der Waals surface area contributed by atoms with Crippen LogP contribution in [0.15, 0.2) is 72.9 Å². The van der Waals surface area contributed by atoms with Gasteiger partial charge in [0.1, 0.15) is 5.69 Å². The van der Waals surface area contributed by atoms with E-state index in [1.807, 2.05) is 24.3 Å². The molecule has 0 radical (unpaired) electrons. The molecule has 1 amide bonds. The third kappa shape index (κ3) is 4.94. The number of hydrogen-bond acceptors (Lipinski definition) is 3. The summed E-state index contributed by atoms with van der Waals surface area (Å²) in [6.45, 7) is 5.61. The summed E-state index contributed by atoms with van der Waals surface area (Å²) in [6.07, 6.45) is 2.57. The molecular formula is C23H25N3O. The summed E-state index contributed by atoms with van der Waals surface area (Å²) in [6, 6.07) is 22.2. The van der Waals surface area contributed by atoms with Gasteiger partial charge in [0.15, 0.2) is 0 Å². The Morgan fingerprint density at radius 2 is 1.81 bits per heavy atom. The monoisotopic (exact) mass is 359 g/mol. The number of anilines is 2. The van der Waals surface area contributed by atoms with Crippen molar-refractivity contribution < 1.29 is 4.79 Å². The lowest BCUT2D eigenvalue weighted by Gasteiger charge is -2.23. The molecule has 0 spiro atoms. The lowest BCUT2D eigenvalue weighted by atomic mass is 10.1. The van der Waals surface area contributed by atoms with Crippen LogP contribution in [0.5, 0.6) is 0 Å². The second kappa shape index (κ2) is 8.99. The molecular weight excluding hydrogens is 334 g/mol. The Morgan fingerprint density at radius 3 is 2.48 bits per heavy atom. The summed E-state index contributed by atoms with van der Waals surface area (Å²) < 4.78 is 0. The maximum absolute atomic E-state index is 12.3. The summed E-state index contributed by atoms with van der Waals surface area (Å²) in [5.74, 6) is -0.143. The Kier molecular flexibility index (Phi) is 6.21. The van der Waals surface area contributed by atoms with E-state index >= 15 is 0 Å². The van der Waals surface area contributed by atoms with Gasteiger partial charge < -0.3 is 10.2 Å². The average molecular weight is 359 g/mol. The van der Waals surface area contributed by atoms with E-state index in [0.29, 0.717) is 12.2 Å². The number of aromatic nitrogens is 1. The van der Waals surface area contributed by atoms with Crippen molar-refractivity contribution in [3.05, 3.63) is 89.7 Å². The van der Waals surface area contributed by atoms with Crippen LogP contribution in [0.2, 0.25) is 0 Å². The largest absolute Gasteiger partial charge is 0.350 e. The lowest BCUT2D eigenvalue weighted by molar-refractivity contribution is 0.0949. The van der Waals surface area contributed by atoms with Gasteiger partial charge in [-0.2, -0.15) is 0 Å². The van der Waals surface area contributed by atoms with Crippen LogP contribution in [0, 0.1) is 6.92 Å². The topological polar surface area (TPSA) is 45.2 Å². The van der Waals surface area contributed by atoms with E-state index in [2.05, 4.69) is 65.4 Å². The number of aryl methyl sites for hydroxylation is 1. The van der Waals surface area contributed by atoms with Gasteiger partial charge in [-0.3, -0.25) is 4.79 Å². The number of benzene rings is 2. The van der Waals surface area contributed by atoms with Crippen molar-refractivity contribution in [2.24, 2.45) is 0 Å². The Hall–Kier alpha value is -3.14. The molecule has 4 nitrogen and oxygen atoms in total. The Balaban J connectivity index is 1.62. The molecule has 1 N–H and O–H groups in total. The number of rotatable bonds is 7. The quantitative estimate of drug-likeness (QED) is 0.674. The number of nitrogens with zero attached hydrogens (tertiary/aromatic N) is 2. The van der Waals surface area contributed by atoms with Crippen molar-refractivity contribution in [1.82, 2.24) is 10.3 Å². The summed E-state index contributed by atoms with van der Waals surface area (Å²) in [5.41, 5.74) is 4.96. The van der Waals surface area contributed by atoms with E-state index in [1.165, 1.54) is 11.1 Å². The lowest BCUT2D eigenvalue weighted by Crippen LogP contribution is -2.26. The van der Waals surface area contributed by atoms with Crippen LogP contribution in [0.3, 0.4) is 0 Å². The minimum Gasteiger partial charge on any atom is -0.350 e. The van der Waals surface area contributed by atoms with Crippen molar-refractivity contribution in [3.63, 3.8) is 0 Å². The van der Waals surface area contributed by atoms with Crippen LogP contribution < -0.4 is 10.2 Å². The highest BCUT2D eigenvalue weighted by atomic mass is 16.1. The van der Waals surface area contributed by atoms with Crippen LogP contribution in [0.25, 0.3) is 0 Å². The minimum absolute atomic E-state index is 0.143. The van der Waals surface area contributed by atoms with Gasteiger partial charge in [0.2, 0.25) is 0 Å². The molecule has 0 saturated carbocycles. The minimum atomic E-state index is -0.143. The van der Waals surface area contributed by atoms with Crippen molar-refractivity contribution in [1.29, 1.82) is 0 Å². The number of nitrogens with one attached hydrogen (secondary N) is 1. The fourth-order valence-electron chi connectivity index (χ4n) is 3.05. The van der Waals surface area contributed by atoms with Crippen LogP contribution in [0.4, 0.5) is 11.4 Å². The van der Waals surface area contributed by atoms with Gasteiger partial charge >= 0.3 is 0 Å². The van der Waals surface area contributed by atoms with Crippen molar-refractivity contribution in [2.45, 2.75) is 20.3 Å².